The van der Waals surface area contributed by atoms with Crippen molar-refractivity contribution in [3.8, 4) is 0 Å². The Balaban J connectivity index is 0.00000128. The van der Waals surface area contributed by atoms with Gasteiger partial charge in [-0.2, -0.15) is 0 Å². The summed E-state index contributed by atoms with van der Waals surface area (Å²) in [7, 11) is 0. The molecule has 2 fully saturated rings. The monoisotopic (exact) mass is 339 g/mol. The molecule has 1 aliphatic carbocycles. The van der Waals surface area contributed by atoms with Crippen molar-refractivity contribution in [2.45, 2.75) is 32.2 Å². The van der Waals surface area contributed by atoms with Crippen LogP contribution in [0.5, 0.6) is 0 Å². The topological polar surface area (TPSA) is 50.8 Å². The van der Waals surface area contributed by atoms with Crippen LogP contribution in [-0.4, -0.2) is 43.2 Å². The van der Waals surface area contributed by atoms with Crippen LogP contribution in [0.25, 0.3) is 0 Å². The minimum Gasteiger partial charge on any atom is -0.378 e. The summed E-state index contributed by atoms with van der Waals surface area (Å²) in [6.45, 7) is 5.56. The van der Waals surface area contributed by atoms with Crippen molar-refractivity contribution < 1.29 is 4.74 Å². The van der Waals surface area contributed by atoms with Crippen molar-refractivity contribution in [1.82, 2.24) is 4.90 Å². The number of hydrogen-bond acceptors (Lipinski definition) is 2. The third-order valence-electron chi connectivity index (χ3n) is 3.18. The molecule has 1 saturated carbocycles. The van der Waals surface area contributed by atoms with E-state index in [0.717, 1.165) is 38.2 Å². The van der Waals surface area contributed by atoms with Gasteiger partial charge in [-0.15, -0.1) is 24.0 Å². The number of guanidine groups is 1. The lowest BCUT2D eigenvalue weighted by atomic mass is 10.2. The van der Waals surface area contributed by atoms with Gasteiger partial charge in [0, 0.05) is 13.1 Å². The first kappa shape index (κ1) is 14.0. The fourth-order valence-electron chi connectivity index (χ4n) is 2.11. The number of nitrogens with zero attached hydrogens (tertiary/aromatic N) is 2. The van der Waals surface area contributed by atoms with Gasteiger partial charge < -0.3 is 15.4 Å². The Bertz CT molecular complexity index is 241. The highest BCUT2D eigenvalue weighted by Crippen LogP contribution is 2.37. The molecule has 0 bridgehead atoms. The van der Waals surface area contributed by atoms with Gasteiger partial charge in [-0.25, -0.2) is 4.99 Å². The number of ether oxygens (including phenoxy) is 1. The molecule has 2 aliphatic rings. The van der Waals surface area contributed by atoms with Crippen LogP contribution in [-0.2, 0) is 4.74 Å². The van der Waals surface area contributed by atoms with Crippen molar-refractivity contribution in [3.63, 3.8) is 0 Å². The fourth-order valence-corrected chi connectivity index (χ4v) is 2.11. The highest BCUT2D eigenvalue weighted by molar-refractivity contribution is 14.0. The minimum absolute atomic E-state index is 0. The summed E-state index contributed by atoms with van der Waals surface area (Å²) in [6.07, 6.45) is 3.79. The number of nitrogens with two attached hydrogens (primary N) is 1. The highest BCUT2D eigenvalue weighted by atomic mass is 127. The van der Waals surface area contributed by atoms with Gasteiger partial charge in [0.1, 0.15) is 0 Å². The van der Waals surface area contributed by atoms with Crippen LogP contribution >= 0.6 is 24.0 Å². The first-order valence-electron chi connectivity index (χ1n) is 5.97. The Labute approximate surface area is 115 Å². The molecule has 16 heavy (non-hydrogen) atoms. The molecule has 0 aromatic heterocycles. The average Bonchev–Trinajstić information content (AvgIpc) is 2.98. The second-order valence-electron chi connectivity index (χ2n) is 4.44. The van der Waals surface area contributed by atoms with Gasteiger partial charge in [0.2, 0.25) is 0 Å². The van der Waals surface area contributed by atoms with E-state index >= 15 is 0 Å². The molecule has 0 spiro atoms. The molecular weight excluding hydrogens is 317 g/mol. The molecule has 5 heteroatoms. The van der Waals surface area contributed by atoms with Gasteiger partial charge in [0.05, 0.1) is 19.3 Å². The predicted octanol–water partition coefficient (Wildman–Crippen LogP) is 1.44. The van der Waals surface area contributed by atoms with E-state index in [1.807, 2.05) is 0 Å². The molecule has 0 amide bonds. The van der Waals surface area contributed by atoms with Crippen molar-refractivity contribution >= 4 is 29.9 Å². The molecule has 0 unspecified atom stereocenters. The van der Waals surface area contributed by atoms with Gasteiger partial charge in [0.15, 0.2) is 5.96 Å². The second kappa shape index (κ2) is 6.64. The smallest absolute Gasteiger partial charge is 0.191 e. The zero-order valence-corrected chi connectivity index (χ0v) is 12.2. The summed E-state index contributed by atoms with van der Waals surface area (Å²) in [5.41, 5.74) is 5.97. The molecular formula is C11H22IN3O. The van der Waals surface area contributed by atoms with Gasteiger partial charge in [-0.1, -0.05) is 13.3 Å². The van der Waals surface area contributed by atoms with E-state index < -0.39 is 0 Å². The third-order valence-corrected chi connectivity index (χ3v) is 3.18. The Morgan fingerprint density at radius 1 is 1.44 bits per heavy atom. The number of halogens is 1. The quantitative estimate of drug-likeness (QED) is 0.481. The summed E-state index contributed by atoms with van der Waals surface area (Å²) in [6, 6.07) is 0.507. The maximum absolute atomic E-state index is 5.97. The van der Waals surface area contributed by atoms with Gasteiger partial charge in [-0.3, -0.25) is 0 Å². The van der Waals surface area contributed by atoms with Gasteiger partial charge >= 0.3 is 0 Å². The molecule has 1 heterocycles. The lowest BCUT2D eigenvalue weighted by Gasteiger charge is -2.27. The summed E-state index contributed by atoms with van der Waals surface area (Å²) in [4.78, 5) is 6.71. The first-order valence-corrected chi connectivity index (χ1v) is 5.97. The number of aliphatic imine (C=N–C) groups is 1. The van der Waals surface area contributed by atoms with Crippen LogP contribution in [0.1, 0.15) is 26.2 Å². The second-order valence-corrected chi connectivity index (χ2v) is 4.44. The predicted molar refractivity (Wildman–Crippen MR) is 76.2 cm³/mol. The highest BCUT2D eigenvalue weighted by Gasteiger charge is 2.36. The van der Waals surface area contributed by atoms with E-state index in [-0.39, 0.29) is 24.0 Å². The van der Waals surface area contributed by atoms with E-state index in [4.69, 9.17) is 10.5 Å². The molecule has 0 aromatic carbocycles. The molecule has 2 atom stereocenters. The zero-order chi connectivity index (χ0) is 10.7. The molecule has 0 radical (unpaired) electrons. The lowest BCUT2D eigenvalue weighted by molar-refractivity contribution is 0.0674. The van der Waals surface area contributed by atoms with Crippen LogP contribution in [0.4, 0.5) is 0 Å². The fraction of sp³-hybridized carbons (Fsp3) is 0.909. The third kappa shape index (κ3) is 3.76. The molecule has 94 valence electrons. The zero-order valence-electron chi connectivity index (χ0n) is 9.89. The number of rotatable bonds is 3. The number of morpholine rings is 1. The maximum atomic E-state index is 5.97. The number of hydrogen-bond donors (Lipinski definition) is 1. The summed E-state index contributed by atoms with van der Waals surface area (Å²) >= 11 is 0. The van der Waals surface area contributed by atoms with Crippen molar-refractivity contribution in [1.29, 1.82) is 0 Å². The Kier molecular flexibility index (Phi) is 5.82. The molecule has 4 nitrogen and oxygen atoms in total. The minimum atomic E-state index is 0. The van der Waals surface area contributed by atoms with E-state index in [1.165, 1.54) is 19.3 Å². The van der Waals surface area contributed by atoms with E-state index in [1.54, 1.807) is 0 Å². The van der Waals surface area contributed by atoms with Crippen LogP contribution in [0.3, 0.4) is 0 Å². The van der Waals surface area contributed by atoms with Crippen molar-refractivity contribution in [2.24, 2.45) is 16.6 Å². The molecule has 1 aliphatic heterocycles. The Morgan fingerprint density at radius 3 is 2.75 bits per heavy atom. The Morgan fingerprint density at radius 2 is 2.12 bits per heavy atom. The van der Waals surface area contributed by atoms with E-state index in [2.05, 4.69) is 16.8 Å². The summed E-state index contributed by atoms with van der Waals surface area (Å²) < 4.78 is 5.28. The van der Waals surface area contributed by atoms with Crippen LogP contribution < -0.4 is 5.73 Å². The van der Waals surface area contributed by atoms with Crippen LogP contribution in [0.2, 0.25) is 0 Å². The van der Waals surface area contributed by atoms with Crippen molar-refractivity contribution in [2.75, 3.05) is 26.3 Å². The molecule has 2 rings (SSSR count). The van der Waals surface area contributed by atoms with E-state index in [9.17, 15) is 0 Å². The molecule has 0 aromatic rings. The summed E-state index contributed by atoms with van der Waals surface area (Å²) in [5.74, 6) is 1.52. The van der Waals surface area contributed by atoms with E-state index in [0.29, 0.717) is 6.04 Å². The van der Waals surface area contributed by atoms with Gasteiger partial charge in [0.25, 0.3) is 0 Å². The maximum Gasteiger partial charge on any atom is 0.191 e. The first-order chi connectivity index (χ1) is 7.31. The van der Waals surface area contributed by atoms with Crippen LogP contribution in [0.15, 0.2) is 4.99 Å². The van der Waals surface area contributed by atoms with Gasteiger partial charge in [-0.05, 0) is 18.8 Å². The summed E-state index contributed by atoms with van der Waals surface area (Å²) in [5, 5.41) is 0. The molecule has 2 N–H and O–H groups in total. The Hall–Kier alpha value is -0.0400. The molecule has 1 saturated heterocycles. The normalized spacial score (nSPS) is 29.8. The average molecular weight is 339 g/mol. The lowest BCUT2D eigenvalue weighted by Crippen LogP contribution is -2.45. The van der Waals surface area contributed by atoms with Crippen molar-refractivity contribution in [3.05, 3.63) is 0 Å². The SMILES string of the molecule is CCC[C@@H]1C[C@H]1N=C(N)N1CCOCC1.I. The largest absolute Gasteiger partial charge is 0.378 e. The standard InChI is InChI=1S/C11H21N3O.HI/c1-2-3-9-8-10(9)13-11(12)14-4-6-15-7-5-14;/h9-10H,2-8H2,1H3,(H2,12,13);1H/t9-,10-;/m1./s1. The van der Waals surface area contributed by atoms with Crippen LogP contribution in [0, 0.1) is 5.92 Å².